The number of carbonyl (C=O) groups is 6. The summed E-state index contributed by atoms with van der Waals surface area (Å²) in [6, 6.07) is -5.27. The summed E-state index contributed by atoms with van der Waals surface area (Å²) in [6.45, 7) is 4.81. The first-order chi connectivity index (χ1) is 14.2. The Hall–Kier alpha value is -3.22. The molecule has 0 unspecified atom stereocenters. The normalized spacial score (nSPS) is 14.6. The molecule has 0 aromatic carbocycles. The van der Waals surface area contributed by atoms with E-state index in [0.717, 1.165) is 0 Å². The molecule has 0 aliphatic carbocycles. The zero-order valence-corrected chi connectivity index (χ0v) is 17.6. The van der Waals surface area contributed by atoms with Gasteiger partial charge in [-0.05, 0) is 25.7 Å². The molecular formula is C18H30N4O9. The molecule has 0 bridgehead atoms. The number of rotatable bonds is 14. The SMILES string of the molecule is CC(C)C[C@H](NC(=O)[C@H](CC(=O)O)NC(=O)[C@H](C)N)C(=O)N[C@@H](CCC(=O)O)C(=O)O. The van der Waals surface area contributed by atoms with E-state index in [4.69, 9.17) is 15.9 Å². The number of nitrogens with one attached hydrogen (secondary N) is 3. The highest BCUT2D eigenvalue weighted by Crippen LogP contribution is 2.08. The fourth-order valence-corrected chi connectivity index (χ4v) is 2.46. The first-order valence-electron chi connectivity index (χ1n) is 9.57. The monoisotopic (exact) mass is 446 g/mol. The van der Waals surface area contributed by atoms with Gasteiger partial charge in [-0.1, -0.05) is 13.8 Å². The molecule has 31 heavy (non-hydrogen) atoms. The zero-order chi connectivity index (χ0) is 24.3. The van der Waals surface area contributed by atoms with Crippen LogP contribution in [-0.2, 0) is 28.8 Å². The fraction of sp³-hybridized carbons (Fsp3) is 0.667. The van der Waals surface area contributed by atoms with Crippen LogP contribution in [0.25, 0.3) is 0 Å². The molecule has 13 heteroatoms. The van der Waals surface area contributed by atoms with Gasteiger partial charge in [0.1, 0.15) is 18.1 Å². The molecular weight excluding hydrogens is 416 g/mol. The first kappa shape index (κ1) is 27.8. The molecule has 8 N–H and O–H groups in total. The number of aliphatic carboxylic acids is 3. The smallest absolute Gasteiger partial charge is 0.326 e. The van der Waals surface area contributed by atoms with Gasteiger partial charge in [0.15, 0.2) is 0 Å². The van der Waals surface area contributed by atoms with E-state index in [2.05, 4.69) is 16.0 Å². The molecule has 4 atom stereocenters. The van der Waals surface area contributed by atoms with E-state index in [-0.39, 0.29) is 18.8 Å². The van der Waals surface area contributed by atoms with Crippen molar-refractivity contribution in [1.29, 1.82) is 0 Å². The molecule has 0 aromatic rings. The van der Waals surface area contributed by atoms with Crippen molar-refractivity contribution in [3.05, 3.63) is 0 Å². The third-order valence-corrected chi connectivity index (χ3v) is 4.03. The summed E-state index contributed by atoms with van der Waals surface area (Å²) in [5, 5.41) is 33.6. The van der Waals surface area contributed by atoms with Crippen molar-refractivity contribution in [2.75, 3.05) is 0 Å². The molecule has 3 amide bonds. The highest BCUT2D eigenvalue weighted by molar-refractivity contribution is 5.95. The maximum absolute atomic E-state index is 12.6. The molecule has 0 saturated heterocycles. The van der Waals surface area contributed by atoms with Gasteiger partial charge in [-0.15, -0.1) is 0 Å². The molecule has 0 aliphatic heterocycles. The summed E-state index contributed by atoms with van der Waals surface area (Å²) in [5.41, 5.74) is 5.41. The number of carbonyl (C=O) groups excluding carboxylic acids is 3. The number of amides is 3. The van der Waals surface area contributed by atoms with Crippen molar-refractivity contribution in [2.45, 2.75) is 70.6 Å². The van der Waals surface area contributed by atoms with Gasteiger partial charge in [-0.2, -0.15) is 0 Å². The Kier molecular flexibility index (Phi) is 11.8. The van der Waals surface area contributed by atoms with Crippen molar-refractivity contribution in [3.63, 3.8) is 0 Å². The first-order valence-corrected chi connectivity index (χ1v) is 9.57. The van der Waals surface area contributed by atoms with Gasteiger partial charge in [0, 0.05) is 6.42 Å². The molecule has 0 aromatic heterocycles. The van der Waals surface area contributed by atoms with Crippen LogP contribution < -0.4 is 21.7 Å². The van der Waals surface area contributed by atoms with Crippen LogP contribution in [0.2, 0.25) is 0 Å². The maximum atomic E-state index is 12.6. The summed E-state index contributed by atoms with van der Waals surface area (Å²) in [5.74, 6) is -6.82. The topological polar surface area (TPSA) is 225 Å². The molecule has 0 heterocycles. The Bertz CT molecular complexity index is 694. The minimum atomic E-state index is -1.51. The standard InChI is InChI=1S/C18H30N4O9/c1-8(2)6-11(16(28)20-10(18(30)31)4-5-13(23)24)22-17(29)12(7-14(25)26)21-15(27)9(3)19/h8-12H,4-7,19H2,1-3H3,(H,20,28)(H,21,27)(H,22,29)(H,23,24)(H,25,26)(H,30,31)/t9-,10-,11-,12-/m0/s1. The van der Waals surface area contributed by atoms with Crippen LogP contribution in [0, 0.1) is 5.92 Å². The van der Waals surface area contributed by atoms with Crippen LogP contribution in [0.15, 0.2) is 0 Å². The average Bonchev–Trinajstić information content (AvgIpc) is 2.62. The van der Waals surface area contributed by atoms with Crippen LogP contribution in [-0.4, -0.2) is 75.1 Å². The van der Waals surface area contributed by atoms with E-state index in [9.17, 15) is 33.9 Å². The molecule has 0 spiro atoms. The maximum Gasteiger partial charge on any atom is 0.326 e. The van der Waals surface area contributed by atoms with Crippen LogP contribution in [0.4, 0.5) is 0 Å². The van der Waals surface area contributed by atoms with Gasteiger partial charge in [-0.3, -0.25) is 24.0 Å². The average molecular weight is 446 g/mol. The Morgan fingerprint density at radius 2 is 1.23 bits per heavy atom. The number of hydrogen-bond donors (Lipinski definition) is 7. The van der Waals surface area contributed by atoms with Crippen LogP contribution in [0.3, 0.4) is 0 Å². The molecule has 0 radical (unpaired) electrons. The van der Waals surface area contributed by atoms with Gasteiger partial charge in [0.2, 0.25) is 17.7 Å². The summed E-state index contributed by atoms with van der Waals surface area (Å²) in [6.07, 6.45) is -1.56. The Morgan fingerprint density at radius 3 is 1.65 bits per heavy atom. The number of carboxylic acid groups (broad SMARTS) is 3. The van der Waals surface area contributed by atoms with Crippen LogP contribution >= 0.6 is 0 Å². The molecule has 0 aliphatic rings. The van der Waals surface area contributed by atoms with Crippen molar-refractivity contribution in [3.8, 4) is 0 Å². The lowest BCUT2D eigenvalue weighted by Crippen LogP contribution is -2.57. The molecule has 0 rings (SSSR count). The van der Waals surface area contributed by atoms with Gasteiger partial charge in [-0.25, -0.2) is 4.79 Å². The second-order valence-corrected chi connectivity index (χ2v) is 7.47. The predicted molar refractivity (Wildman–Crippen MR) is 106 cm³/mol. The van der Waals surface area contributed by atoms with Crippen LogP contribution in [0.5, 0.6) is 0 Å². The second kappa shape index (κ2) is 13.2. The largest absolute Gasteiger partial charge is 0.481 e. The highest BCUT2D eigenvalue weighted by Gasteiger charge is 2.31. The van der Waals surface area contributed by atoms with Gasteiger partial charge in [0.05, 0.1) is 12.5 Å². The summed E-state index contributed by atoms with van der Waals surface area (Å²) in [7, 11) is 0. The van der Waals surface area contributed by atoms with E-state index in [1.54, 1.807) is 13.8 Å². The quantitative estimate of drug-likeness (QED) is 0.159. The fourth-order valence-electron chi connectivity index (χ4n) is 2.46. The van der Waals surface area contributed by atoms with Crippen molar-refractivity contribution in [2.24, 2.45) is 11.7 Å². The number of carboxylic acids is 3. The van der Waals surface area contributed by atoms with Crippen molar-refractivity contribution >= 4 is 35.6 Å². The lowest BCUT2D eigenvalue weighted by Gasteiger charge is -2.25. The van der Waals surface area contributed by atoms with E-state index < -0.39 is 72.6 Å². The van der Waals surface area contributed by atoms with Crippen molar-refractivity contribution in [1.82, 2.24) is 16.0 Å². The molecule has 13 nitrogen and oxygen atoms in total. The summed E-state index contributed by atoms with van der Waals surface area (Å²) in [4.78, 5) is 70.0. The van der Waals surface area contributed by atoms with E-state index in [1.807, 2.05) is 0 Å². The minimum absolute atomic E-state index is 0.0733. The third kappa shape index (κ3) is 11.5. The van der Waals surface area contributed by atoms with Gasteiger partial charge < -0.3 is 37.0 Å². The predicted octanol–water partition coefficient (Wildman–Crippen LogP) is -1.74. The lowest BCUT2D eigenvalue weighted by molar-refractivity contribution is -0.144. The van der Waals surface area contributed by atoms with Crippen LogP contribution in [0.1, 0.15) is 46.5 Å². The number of nitrogens with two attached hydrogens (primary N) is 1. The minimum Gasteiger partial charge on any atom is -0.481 e. The zero-order valence-electron chi connectivity index (χ0n) is 17.6. The number of hydrogen-bond acceptors (Lipinski definition) is 7. The van der Waals surface area contributed by atoms with Gasteiger partial charge >= 0.3 is 17.9 Å². The van der Waals surface area contributed by atoms with E-state index >= 15 is 0 Å². The lowest BCUT2D eigenvalue weighted by atomic mass is 10.0. The Morgan fingerprint density at radius 1 is 0.742 bits per heavy atom. The highest BCUT2D eigenvalue weighted by atomic mass is 16.4. The Labute approximate surface area is 178 Å². The third-order valence-electron chi connectivity index (χ3n) is 4.03. The molecule has 0 fully saturated rings. The summed E-state index contributed by atoms with van der Waals surface area (Å²) < 4.78 is 0. The van der Waals surface area contributed by atoms with E-state index in [0.29, 0.717) is 0 Å². The molecule has 0 saturated carbocycles. The second-order valence-electron chi connectivity index (χ2n) is 7.47. The van der Waals surface area contributed by atoms with E-state index in [1.165, 1.54) is 6.92 Å². The molecule has 176 valence electrons. The van der Waals surface area contributed by atoms with Gasteiger partial charge in [0.25, 0.3) is 0 Å². The summed E-state index contributed by atoms with van der Waals surface area (Å²) >= 11 is 0. The Balaban J connectivity index is 5.45. The van der Waals surface area contributed by atoms with Crippen molar-refractivity contribution < 1.29 is 44.1 Å².